The van der Waals surface area contributed by atoms with Crippen molar-refractivity contribution in [2.24, 2.45) is 18.4 Å². The maximum Gasteiger partial charge on any atom is 0.228 e. The summed E-state index contributed by atoms with van der Waals surface area (Å²) in [5, 5.41) is 14.5. The minimum atomic E-state index is 0.118. The van der Waals surface area contributed by atoms with Crippen LogP contribution in [0.5, 0.6) is 0 Å². The number of nitrogens with zero attached hydrogens (tertiary/aromatic N) is 5. The van der Waals surface area contributed by atoms with Crippen LogP contribution >= 0.6 is 0 Å². The molecule has 2 fully saturated rings. The van der Waals surface area contributed by atoms with Crippen LogP contribution in [-0.2, 0) is 24.8 Å². The molecule has 2 aromatic rings. The molecule has 2 saturated heterocycles. The van der Waals surface area contributed by atoms with Gasteiger partial charge in [-0.3, -0.25) is 14.4 Å². The Hall–Kier alpha value is -2.19. The Labute approximate surface area is 171 Å². The van der Waals surface area contributed by atoms with Crippen LogP contribution in [-0.4, -0.2) is 73.3 Å². The lowest BCUT2D eigenvalue weighted by Gasteiger charge is -2.51. The van der Waals surface area contributed by atoms with E-state index in [-0.39, 0.29) is 23.8 Å². The summed E-state index contributed by atoms with van der Waals surface area (Å²) in [6.45, 7) is 6.71. The first-order chi connectivity index (χ1) is 14.0. The number of carbonyl (C=O) groups excluding carboxylic acids is 1. The van der Waals surface area contributed by atoms with Gasteiger partial charge < -0.3 is 15.0 Å². The predicted molar refractivity (Wildman–Crippen MR) is 109 cm³/mol. The first-order valence-electron chi connectivity index (χ1n) is 10.6. The van der Waals surface area contributed by atoms with Gasteiger partial charge >= 0.3 is 0 Å². The third-order valence-electron chi connectivity index (χ3n) is 7.24. The zero-order valence-electron chi connectivity index (χ0n) is 17.5. The summed E-state index contributed by atoms with van der Waals surface area (Å²) < 4.78 is 1.93. The van der Waals surface area contributed by atoms with Crippen LogP contribution < -0.4 is 0 Å². The molecule has 2 aliphatic rings. The van der Waals surface area contributed by atoms with E-state index in [1.807, 2.05) is 22.8 Å². The minimum Gasteiger partial charge on any atom is -0.396 e. The largest absolute Gasteiger partial charge is 0.396 e. The highest BCUT2D eigenvalue weighted by Crippen LogP contribution is 2.45. The van der Waals surface area contributed by atoms with E-state index >= 15 is 0 Å². The predicted octanol–water partition coefficient (Wildman–Crippen LogP) is 1.12. The number of hydrogen-bond donors (Lipinski definition) is 2. The maximum atomic E-state index is 12.7. The quantitative estimate of drug-likeness (QED) is 0.785. The van der Waals surface area contributed by atoms with Gasteiger partial charge in [0.05, 0.1) is 18.9 Å². The van der Waals surface area contributed by atoms with Crippen LogP contribution in [0.1, 0.15) is 36.2 Å². The fraction of sp³-hybridized carbons (Fsp3) is 0.667. The van der Waals surface area contributed by atoms with Crippen molar-refractivity contribution in [3.05, 3.63) is 35.7 Å². The number of aliphatic hydroxyl groups excluding tert-OH is 1. The van der Waals surface area contributed by atoms with Gasteiger partial charge in [-0.15, -0.1) is 0 Å². The molecule has 4 rings (SSSR count). The number of hydrogen-bond acceptors (Lipinski definition) is 5. The Kier molecular flexibility index (Phi) is 5.74. The first kappa shape index (κ1) is 20.1. The Balaban J connectivity index is 1.34. The number of aliphatic hydroxyl groups is 1. The summed E-state index contributed by atoms with van der Waals surface area (Å²) in [6, 6.07) is 0. The second-order valence-corrected chi connectivity index (χ2v) is 8.74. The molecule has 8 heteroatoms. The van der Waals surface area contributed by atoms with E-state index in [0.29, 0.717) is 13.0 Å². The van der Waals surface area contributed by atoms with Gasteiger partial charge in [0, 0.05) is 62.4 Å². The van der Waals surface area contributed by atoms with E-state index in [1.54, 1.807) is 12.5 Å². The molecule has 8 nitrogen and oxygen atoms in total. The number of carbonyl (C=O) groups is 1. The average molecular weight is 401 g/mol. The maximum absolute atomic E-state index is 12.7. The summed E-state index contributed by atoms with van der Waals surface area (Å²) in [5.74, 6) is 0.274. The molecular formula is C21H32N6O2. The van der Waals surface area contributed by atoms with E-state index in [0.717, 1.165) is 51.1 Å². The van der Waals surface area contributed by atoms with Gasteiger partial charge in [-0.2, -0.15) is 5.10 Å². The molecule has 29 heavy (non-hydrogen) atoms. The lowest BCUT2D eigenvalue weighted by Crippen LogP contribution is -2.54. The van der Waals surface area contributed by atoms with E-state index in [4.69, 9.17) is 0 Å². The van der Waals surface area contributed by atoms with Gasteiger partial charge in [-0.1, -0.05) is 0 Å². The first-order valence-corrected chi connectivity index (χ1v) is 10.6. The summed E-state index contributed by atoms with van der Waals surface area (Å²) in [7, 11) is 1.98. The number of nitrogens with one attached hydrogen (secondary N) is 1. The third-order valence-corrected chi connectivity index (χ3v) is 7.24. The molecule has 0 aliphatic carbocycles. The summed E-state index contributed by atoms with van der Waals surface area (Å²) in [6.07, 6.45) is 8.77. The third kappa shape index (κ3) is 4.09. The number of amides is 1. The molecule has 2 aliphatic heterocycles. The number of rotatable bonds is 5. The van der Waals surface area contributed by atoms with Crippen molar-refractivity contribution < 1.29 is 9.90 Å². The molecular weight excluding hydrogens is 368 g/mol. The van der Waals surface area contributed by atoms with Gasteiger partial charge in [0.1, 0.15) is 0 Å². The van der Waals surface area contributed by atoms with Gasteiger partial charge in [0.15, 0.2) is 0 Å². The highest BCUT2D eigenvalue weighted by atomic mass is 16.3. The molecule has 0 saturated carbocycles. The van der Waals surface area contributed by atoms with Crippen molar-refractivity contribution in [1.29, 1.82) is 0 Å². The van der Waals surface area contributed by atoms with E-state index < -0.39 is 0 Å². The molecule has 4 heterocycles. The van der Waals surface area contributed by atoms with E-state index in [9.17, 15) is 9.90 Å². The van der Waals surface area contributed by atoms with Crippen molar-refractivity contribution in [3.63, 3.8) is 0 Å². The minimum absolute atomic E-state index is 0.118. The molecule has 158 valence electrons. The van der Waals surface area contributed by atoms with Crippen molar-refractivity contribution in [1.82, 2.24) is 29.5 Å². The standard InChI is InChI=1S/C21H32N6O2/c1-16-17(10-24-25(16)2)12-26-6-3-21(4-7-26)5-8-27(13-18(21)14-28)20(29)9-19-11-22-15-23-19/h10-11,15,18,28H,3-9,12-14H2,1-2H3,(H,22,23). The summed E-state index contributed by atoms with van der Waals surface area (Å²) in [4.78, 5) is 24.1. The SMILES string of the molecule is Cc1c(CN2CCC3(CC2)CCN(C(=O)Cc2cnc[nH]2)CC3CO)cnn1C. The fourth-order valence-corrected chi connectivity index (χ4v) is 5.00. The number of imidazole rings is 1. The van der Waals surface area contributed by atoms with Crippen molar-refractivity contribution in [2.45, 2.75) is 39.2 Å². The van der Waals surface area contributed by atoms with Gasteiger partial charge in [0.2, 0.25) is 5.91 Å². The van der Waals surface area contributed by atoms with Crippen molar-refractivity contribution in [3.8, 4) is 0 Å². The lowest BCUT2D eigenvalue weighted by molar-refractivity contribution is -0.137. The van der Waals surface area contributed by atoms with E-state index in [1.165, 1.54) is 11.3 Å². The van der Waals surface area contributed by atoms with Crippen LogP contribution in [0.4, 0.5) is 0 Å². The second-order valence-electron chi connectivity index (χ2n) is 8.74. The number of aromatic amines is 1. The van der Waals surface area contributed by atoms with Crippen molar-refractivity contribution in [2.75, 3.05) is 32.8 Å². The lowest BCUT2D eigenvalue weighted by atomic mass is 9.64. The number of H-pyrrole nitrogens is 1. The van der Waals surface area contributed by atoms with Crippen molar-refractivity contribution >= 4 is 5.91 Å². The van der Waals surface area contributed by atoms with Gasteiger partial charge in [-0.25, -0.2) is 4.98 Å². The number of likely N-dealkylation sites (tertiary alicyclic amines) is 2. The number of piperidine rings is 2. The zero-order chi connectivity index (χ0) is 20.4. The highest BCUT2D eigenvalue weighted by molar-refractivity contribution is 5.78. The Morgan fingerprint density at radius 1 is 1.28 bits per heavy atom. The molecule has 1 amide bonds. The topological polar surface area (TPSA) is 90.3 Å². The normalized spacial score (nSPS) is 22.3. The second kappa shape index (κ2) is 8.28. The van der Waals surface area contributed by atoms with Crippen LogP contribution in [0, 0.1) is 18.3 Å². The molecule has 0 radical (unpaired) electrons. The molecule has 2 N–H and O–H groups in total. The molecule has 1 atom stereocenters. The van der Waals surface area contributed by atoms with Crippen LogP contribution in [0.2, 0.25) is 0 Å². The highest BCUT2D eigenvalue weighted by Gasteiger charge is 2.45. The van der Waals surface area contributed by atoms with Crippen LogP contribution in [0.15, 0.2) is 18.7 Å². The van der Waals surface area contributed by atoms with Crippen LogP contribution in [0.25, 0.3) is 0 Å². The Bertz CT molecular complexity index is 822. The van der Waals surface area contributed by atoms with Crippen LogP contribution in [0.3, 0.4) is 0 Å². The fourth-order valence-electron chi connectivity index (χ4n) is 5.00. The average Bonchev–Trinajstić information content (AvgIpc) is 3.35. The number of aryl methyl sites for hydroxylation is 1. The van der Waals surface area contributed by atoms with Gasteiger partial charge in [-0.05, 0) is 44.7 Å². The zero-order valence-corrected chi connectivity index (χ0v) is 17.5. The smallest absolute Gasteiger partial charge is 0.228 e. The molecule has 0 aromatic carbocycles. The monoisotopic (exact) mass is 400 g/mol. The Morgan fingerprint density at radius 2 is 2.03 bits per heavy atom. The molecule has 0 bridgehead atoms. The molecule has 1 spiro atoms. The Morgan fingerprint density at radius 3 is 2.66 bits per heavy atom. The van der Waals surface area contributed by atoms with Gasteiger partial charge in [0.25, 0.3) is 0 Å². The van der Waals surface area contributed by atoms with E-state index in [2.05, 4.69) is 26.9 Å². The molecule has 1 unspecified atom stereocenters. The summed E-state index contributed by atoms with van der Waals surface area (Å²) >= 11 is 0. The molecule has 2 aromatic heterocycles. The summed E-state index contributed by atoms with van der Waals surface area (Å²) in [5.41, 5.74) is 3.51. The number of aromatic nitrogens is 4.